The zero-order valence-electron chi connectivity index (χ0n) is 15.2. The normalized spacial score (nSPS) is 26.5. The Balaban J connectivity index is 1.63. The Morgan fingerprint density at radius 3 is 2.21 bits per heavy atom. The molecule has 1 fully saturated rings. The number of hydrogen-bond donors (Lipinski definition) is 0. The van der Waals surface area contributed by atoms with Crippen molar-refractivity contribution < 1.29 is 0 Å². The molecule has 28 heavy (non-hydrogen) atoms. The Hall–Kier alpha value is -2.77. The van der Waals surface area contributed by atoms with Crippen molar-refractivity contribution in [2.75, 3.05) is 0 Å². The molecule has 1 nitrogen and oxygen atoms in total. The molecule has 0 N–H and O–H groups in total. The van der Waals surface area contributed by atoms with Gasteiger partial charge in [-0.05, 0) is 71.3 Å². The van der Waals surface area contributed by atoms with E-state index in [0.717, 1.165) is 5.02 Å². The third-order valence-corrected chi connectivity index (χ3v) is 7.11. The zero-order chi connectivity index (χ0) is 18.4. The molecule has 1 saturated carbocycles. The highest BCUT2D eigenvalue weighted by Crippen LogP contribution is 2.61. The van der Waals surface area contributed by atoms with E-state index >= 15 is 0 Å². The summed E-state index contributed by atoms with van der Waals surface area (Å²) in [7, 11) is 0. The minimum Gasteiger partial charge on any atom is -0.309 e. The van der Waals surface area contributed by atoms with Gasteiger partial charge >= 0.3 is 0 Å². The highest BCUT2D eigenvalue weighted by Gasteiger charge is 2.51. The van der Waals surface area contributed by atoms with Gasteiger partial charge in [0.1, 0.15) is 0 Å². The number of allylic oxidation sites excluding steroid dienone is 4. The van der Waals surface area contributed by atoms with Gasteiger partial charge in [-0.3, -0.25) is 0 Å². The van der Waals surface area contributed by atoms with E-state index < -0.39 is 0 Å². The number of hydrogen-bond acceptors (Lipinski definition) is 0. The van der Waals surface area contributed by atoms with Crippen LogP contribution >= 0.6 is 11.6 Å². The fraction of sp³-hybridized carbons (Fsp3) is 0.154. The summed E-state index contributed by atoms with van der Waals surface area (Å²) in [6.45, 7) is 0. The van der Waals surface area contributed by atoms with Gasteiger partial charge in [-0.15, -0.1) is 0 Å². The number of para-hydroxylation sites is 1. The first kappa shape index (κ1) is 15.2. The van der Waals surface area contributed by atoms with Crippen LogP contribution < -0.4 is 0 Å². The summed E-state index contributed by atoms with van der Waals surface area (Å²) in [4.78, 5) is 0. The van der Waals surface area contributed by atoms with E-state index in [0.29, 0.717) is 23.7 Å². The molecule has 1 aromatic heterocycles. The van der Waals surface area contributed by atoms with E-state index in [1.807, 2.05) is 6.07 Å². The Kier molecular flexibility index (Phi) is 2.81. The first-order chi connectivity index (χ1) is 13.8. The van der Waals surface area contributed by atoms with Gasteiger partial charge in [-0.1, -0.05) is 54.1 Å². The first-order valence-electron chi connectivity index (χ1n) is 9.99. The van der Waals surface area contributed by atoms with Crippen molar-refractivity contribution in [1.82, 2.24) is 4.57 Å². The molecule has 2 heteroatoms. The standard InChI is InChI=1S/C26H18ClN/c27-16-8-11-24-21(12-16)22-13-23-20(15-6-9-18-19(10-7-15)26(18)23)14-25(22)28(24)17-4-2-1-3-5-17/h1-15,18-19,26H. The smallest absolute Gasteiger partial charge is 0.0544 e. The van der Waals surface area contributed by atoms with Crippen LogP contribution in [-0.4, -0.2) is 4.57 Å². The van der Waals surface area contributed by atoms with E-state index in [-0.39, 0.29) is 0 Å². The van der Waals surface area contributed by atoms with E-state index in [1.54, 1.807) is 0 Å². The van der Waals surface area contributed by atoms with Gasteiger partial charge < -0.3 is 4.57 Å². The van der Waals surface area contributed by atoms with Crippen LogP contribution in [0.1, 0.15) is 23.0 Å². The van der Waals surface area contributed by atoms with Crippen LogP contribution in [0.25, 0.3) is 27.5 Å². The van der Waals surface area contributed by atoms with Crippen molar-refractivity contribution in [3.05, 3.63) is 101 Å². The molecular weight excluding hydrogens is 362 g/mol. The molecule has 4 aliphatic rings. The Labute approximate surface area is 168 Å². The van der Waals surface area contributed by atoms with Crippen LogP contribution in [0.2, 0.25) is 5.02 Å². The second kappa shape index (κ2) is 5.18. The minimum absolute atomic E-state index is 0.394. The molecule has 0 radical (unpaired) electrons. The lowest BCUT2D eigenvalue weighted by atomic mass is 9.92. The third-order valence-electron chi connectivity index (χ3n) is 6.88. The Morgan fingerprint density at radius 1 is 0.679 bits per heavy atom. The number of nitrogens with zero attached hydrogens (tertiary/aromatic N) is 1. The maximum atomic E-state index is 6.41. The van der Waals surface area contributed by atoms with Crippen molar-refractivity contribution in [3.8, 4) is 5.69 Å². The average molecular weight is 380 g/mol. The number of halogens is 1. The summed E-state index contributed by atoms with van der Waals surface area (Å²) in [5, 5.41) is 3.35. The van der Waals surface area contributed by atoms with Gasteiger partial charge in [0.25, 0.3) is 0 Å². The molecule has 0 saturated heterocycles. The summed E-state index contributed by atoms with van der Waals surface area (Å²) in [5.74, 6) is 2.41. The fourth-order valence-corrected chi connectivity index (χ4v) is 5.71. The summed E-state index contributed by atoms with van der Waals surface area (Å²) < 4.78 is 2.39. The maximum Gasteiger partial charge on any atom is 0.0544 e. The van der Waals surface area contributed by atoms with Crippen molar-refractivity contribution in [1.29, 1.82) is 0 Å². The molecule has 134 valence electrons. The summed E-state index contributed by atoms with van der Waals surface area (Å²) in [5.41, 5.74) is 6.69. The third kappa shape index (κ3) is 1.88. The van der Waals surface area contributed by atoms with E-state index in [4.69, 9.17) is 11.6 Å². The van der Waals surface area contributed by atoms with Gasteiger partial charge in [-0.25, -0.2) is 0 Å². The molecule has 4 aromatic rings. The number of fused-ring (bicyclic) bond motifs is 3. The lowest BCUT2D eigenvalue weighted by Crippen LogP contribution is -1.98. The highest BCUT2D eigenvalue weighted by atomic mass is 35.5. The van der Waals surface area contributed by atoms with Crippen molar-refractivity contribution in [2.24, 2.45) is 11.8 Å². The Bertz CT molecular complexity index is 1320. The second-order valence-electron chi connectivity index (χ2n) is 8.31. The number of aromatic nitrogens is 1. The lowest BCUT2D eigenvalue weighted by Gasteiger charge is -2.14. The minimum atomic E-state index is 0.394. The molecular formula is C26H18ClN. The van der Waals surface area contributed by atoms with Gasteiger partial charge in [-0.2, -0.15) is 0 Å². The predicted octanol–water partition coefficient (Wildman–Crippen LogP) is 6.99. The van der Waals surface area contributed by atoms with Crippen molar-refractivity contribution in [3.63, 3.8) is 0 Å². The van der Waals surface area contributed by atoms with Crippen LogP contribution in [0.15, 0.2) is 85.0 Å². The van der Waals surface area contributed by atoms with Crippen LogP contribution in [0, 0.1) is 11.8 Å². The van der Waals surface area contributed by atoms with Crippen LogP contribution in [-0.2, 0) is 0 Å². The molecule has 2 unspecified atom stereocenters. The molecule has 4 bridgehead atoms. The quantitative estimate of drug-likeness (QED) is 0.314. The Morgan fingerprint density at radius 2 is 1.43 bits per heavy atom. The largest absolute Gasteiger partial charge is 0.309 e. The predicted molar refractivity (Wildman–Crippen MR) is 117 cm³/mol. The molecule has 1 heterocycles. The summed E-state index contributed by atoms with van der Waals surface area (Å²) in [6, 6.07) is 21.8. The fourth-order valence-electron chi connectivity index (χ4n) is 5.54. The molecule has 3 aromatic carbocycles. The summed E-state index contributed by atoms with van der Waals surface area (Å²) in [6.07, 6.45) is 9.71. The molecule has 4 aliphatic carbocycles. The van der Waals surface area contributed by atoms with Gasteiger partial charge in [0.15, 0.2) is 0 Å². The molecule has 0 spiro atoms. The van der Waals surface area contributed by atoms with Crippen LogP contribution in [0.5, 0.6) is 0 Å². The first-order valence-corrected chi connectivity index (χ1v) is 10.4. The van der Waals surface area contributed by atoms with Crippen molar-refractivity contribution in [2.45, 2.75) is 11.8 Å². The number of rotatable bonds is 1. The zero-order valence-corrected chi connectivity index (χ0v) is 16.0. The topological polar surface area (TPSA) is 4.93 Å². The molecule has 2 atom stereocenters. The number of benzene rings is 3. The molecule has 8 rings (SSSR count). The monoisotopic (exact) mass is 379 g/mol. The van der Waals surface area contributed by atoms with Crippen LogP contribution in [0.4, 0.5) is 0 Å². The maximum absolute atomic E-state index is 6.41. The van der Waals surface area contributed by atoms with Gasteiger partial charge in [0.05, 0.1) is 11.0 Å². The van der Waals surface area contributed by atoms with E-state index in [2.05, 4.69) is 83.5 Å². The SMILES string of the molecule is Clc1ccc2c(c1)c1cc3c(cc1n2-c1ccccc1)C1C=CC2C(C=C1)C32. The highest BCUT2D eigenvalue weighted by molar-refractivity contribution is 6.32. The van der Waals surface area contributed by atoms with Crippen LogP contribution in [0.3, 0.4) is 0 Å². The molecule has 0 aliphatic heterocycles. The van der Waals surface area contributed by atoms with Crippen molar-refractivity contribution >= 4 is 33.4 Å². The summed E-state index contributed by atoms with van der Waals surface area (Å²) >= 11 is 6.41. The van der Waals surface area contributed by atoms with E-state index in [9.17, 15) is 0 Å². The van der Waals surface area contributed by atoms with E-state index in [1.165, 1.54) is 38.6 Å². The average Bonchev–Trinajstić information content (AvgIpc) is 3.42. The van der Waals surface area contributed by atoms with Gasteiger partial charge in [0, 0.05) is 27.4 Å². The lowest BCUT2D eigenvalue weighted by molar-refractivity contribution is 1.00. The van der Waals surface area contributed by atoms with Gasteiger partial charge in [0.2, 0.25) is 0 Å². The second-order valence-corrected chi connectivity index (χ2v) is 8.74. The molecule has 0 amide bonds.